The summed E-state index contributed by atoms with van der Waals surface area (Å²) in [6, 6.07) is 8.09. The van der Waals surface area contributed by atoms with E-state index in [1.165, 1.54) is 25.3 Å². The van der Waals surface area contributed by atoms with E-state index in [4.69, 9.17) is 32.4 Å². The zero-order valence-electron chi connectivity index (χ0n) is 11.6. The number of halogens is 2. The number of hydrogen-bond donors (Lipinski definition) is 1. The largest absolute Gasteiger partial charge is 0.467 e. The molecule has 2 rings (SSSR count). The van der Waals surface area contributed by atoms with Gasteiger partial charge in [0, 0.05) is 0 Å². The van der Waals surface area contributed by atoms with Crippen LogP contribution in [0.4, 0.5) is 0 Å². The molecule has 0 spiro atoms. The number of hydrogen-bond acceptors (Lipinski definition) is 4. The van der Waals surface area contributed by atoms with E-state index in [9.17, 15) is 9.59 Å². The molecule has 0 aliphatic rings. The lowest BCUT2D eigenvalue weighted by Crippen LogP contribution is -2.35. The Labute approximate surface area is 137 Å². The highest BCUT2D eigenvalue weighted by atomic mass is 35.5. The fourth-order valence-electron chi connectivity index (χ4n) is 1.70. The number of amides is 1. The minimum absolute atomic E-state index is 0.0384. The summed E-state index contributed by atoms with van der Waals surface area (Å²) < 4.78 is 10.2. The van der Waals surface area contributed by atoms with Gasteiger partial charge in [-0.1, -0.05) is 29.3 Å². The molecule has 1 aromatic heterocycles. The lowest BCUT2D eigenvalue weighted by atomic mass is 10.2. The van der Waals surface area contributed by atoms with E-state index in [0.717, 1.165) is 0 Å². The van der Waals surface area contributed by atoms with Crippen LogP contribution in [-0.2, 0) is 16.1 Å². The zero-order valence-corrected chi connectivity index (χ0v) is 13.1. The van der Waals surface area contributed by atoms with Crippen molar-refractivity contribution in [3.63, 3.8) is 0 Å². The van der Waals surface area contributed by atoms with Gasteiger partial charge in [-0.3, -0.25) is 4.79 Å². The molecule has 1 aromatic carbocycles. The first-order valence-electron chi connectivity index (χ1n) is 6.44. The predicted octanol–water partition coefficient (Wildman–Crippen LogP) is 3.45. The van der Waals surface area contributed by atoms with Crippen LogP contribution in [0.2, 0.25) is 10.0 Å². The number of carbonyl (C=O) groups excluding carboxylic acids is 2. The fourth-order valence-corrected chi connectivity index (χ4v) is 2.25. The van der Waals surface area contributed by atoms with Crippen molar-refractivity contribution in [2.45, 2.75) is 19.6 Å². The highest BCUT2D eigenvalue weighted by Gasteiger charge is 2.22. The average Bonchev–Trinajstić information content (AvgIpc) is 2.97. The van der Waals surface area contributed by atoms with E-state index >= 15 is 0 Å². The van der Waals surface area contributed by atoms with Crippen molar-refractivity contribution in [1.29, 1.82) is 0 Å². The van der Waals surface area contributed by atoms with Crippen molar-refractivity contribution in [3.05, 3.63) is 58.0 Å². The van der Waals surface area contributed by atoms with Crippen molar-refractivity contribution in [2.75, 3.05) is 0 Å². The maximum atomic E-state index is 12.0. The molecular formula is C15H13Cl2NO4. The molecule has 0 bridgehead atoms. The van der Waals surface area contributed by atoms with Gasteiger partial charge in [0.15, 0.2) is 6.10 Å². The summed E-state index contributed by atoms with van der Waals surface area (Å²) in [6.45, 7) is 1.67. The van der Waals surface area contributed by atoms with E-state index in [1.54, 1.807) is 18.2 Å². The summed E-state index contributed by atoms with van der Waals surface area (Å²) in [4.78, 5) is 23.9. The van der Waals surface area contributed by atoms with Gasteiger partial charge < -0.3 is 14.5 Å². The predicted molar refractivity (Wildman–Crippen MR) is 81.9 cm³/mol. The molecule has 0 saturated heterocycles. The third kappa shape index (κ3) is 4.02. The maximum absolute atomic E-state index is 12.0. The Bertz CT molecular complexity index is 650. The molecule has 0 saturated carbocycles. The van der Waals surface area contributed by atoms with Gasteiger partial charge in [0.25, 0.3) is 5.91 Å². The molecule has 0 aliphatic heterocycles. The van der Waals surface area contributed by atoms with E-state index in [0.29, 0.717) is 5.76 Å². The van der Waals surface area contributed by atoms with Gasteiger partial charge in [-0.15, -0.1) is 0 Å². The van der Waals surface area contributed by atoms with Crippen LogP contribution in [-0.4, -0.2) is 18.0 Å². The fraction of sp³-hybridized carbons (Fsp3) is 0.200. The Morgan fingerprint density at radius 1 is 1.23 bits per heavy atom. The highest BCUT2D eigenvalue weighted by molar-refractivity contribution is 6.39. The average molecular weight is 342 g/mol. The molecule has 1 amide bonds. The molecule has 1 unspecified atom stereocenters. The Morgan fingerprint density at radius 2 is 1.91 bits per heavy atom. The van der Waals surface area contributed by atoms with E-state index in [2.05, 4.69) is 5.32 Å². The molecule has 22 heavy (non-hydrogen) atoms. The first-order chi connectivity index (χ1) is 10.5. The summed E-state index contributed by atoms with van der Waals surface area (Å²) in [5.74, 6) is -0.606. The van der Waals surface area contributed by atoms with E-state index < -0.39 is 18.0 Å². The summed E-state index contributed by atoms with van der Waals surface area (Å²) in [5, 5.41) is 2.93. The lowest BCUT2D eigenvalue weighted by Gasteiger charge is -2.14. The van der Waals surface area contributed by atoms with Gasteiger partial charge in [0.05, 0.1) is 28.4 Å². The molecule has 116 valence electrons. The second-order valence-electron chi connectivity index (χ2n) is 4.44. The van der Waals surface area contributed by atoms with Gasteiger partial charge in [-0.25, -0.2) is 4.79 Å². The molecule has 0 fully saturated rings. The number of esters is 1. The topological polar surface area (TPSA) is 68.5 Å². The van der Waals surface area contributed by atoms with Gasteiger partial charge >= 0.3 is 5.97 Å². The normalized spacial score (nSPS) is 11.8. The third-order valence-electron chi connectivity index (χ3n) is 2.84. The van der Waals surface area contributed by atoms with E-state index in [-0.39, 0.29) is 22.2 Å². The highest BCUT2D eigenvalue weighted by Crippen LogP contribution is 2.25. The Kier molecular flexibility index (Phi) is 5.46. The number of rotatable bonds is 5. The minimum atomic E-state index is -0.991. The molecule has 2 aromatic rings. The molecule has 5 nitrogen and oxygen atoms in total. The number of nitrogens with one attached hydrogen (secondary N) is 1. The summed E-state index contributed by atoms with van der Waals surface area (Å²) in [7, 11) is 0. The van der Waals surface area contributed by atoms with Crippen LogP contribution in [0, 0.1) is 0 Å². The minimum Gasteiger partial charge on any atom is -0.467 e. The number of carbonyl (C=O) groups is 2. The van der Waals surface area contributed by atoms with Gasteiger partial charge in [-0.05, 0) is 31.2 Å². The number of furan rings is 1. The van der Waals surface area contributed by atoms with Crippen LogP contribution >= 0.6 is 23.2 Å². The monoisotopic (exact) mass is 341 g/mol. The first kappa shape index (κ1) is 16.4. The van der Waals surface area contributed by atoms with Crippen molar-refractivity contribution < 1.29 is 18.7 Å². The van der Waals surface area contributed by atoms with Crippen LogP contribution in [0.25, 0.3) is 0 Å². The first-order valence-corrected chi connectivity index (χ1v) is 7.19. The Balaban J connectivity index is 1.94. The standard InChI is InChI=1S/C15H13Cl2NO4/c1-9(14(19)18-8-10-4-3-7-21-10)22-15(20)13-11(16)5-2-6-12(13)17/h2-7,9H,8H2,1H3,(H,18,19). The number of benzene rings is 1. The second-order valence-corrected chi connectivity index (χ2v) is 5.26. The van der Waals surface area contributed by atoms with Crippen LogP contribution in [0.3, 0.4) is 0 Å². The van der Waals surface area contributed by atoms with Crippen LogP contribution in [0.1, 0.15) is 23.0 Å². The van der Waals surface area contributed by atoms with Crippen molar-refractivity contribution >= 4 is 35.1 Å². The Morgan fingerprint density at radius 3 is 2.50 bits per heavy atom. The third-order valence-corrected chi connectivity index (χ3v) is 3.47. The summed E-state index contributed by atoms with van der Waals surface area (Å²) >= 11 is 11.8. The van der Waals surface area contributed by atoms with Crippen LogP contribution in [0.5, 0.6) is 0 Å². The summed E-state index contributed by atoms with van der Waals surface area (Å²) in [6.07, 6.45) is 0.513. The maximum Gasteiger partial charge on any atom is 0.341 e. The second kappa shape index (κ2) is 7.33. The van der Waals surface area contributed by atoms with Gasteiger partial charge in [-0.2, -0.15) is 0 Å². The molecule has 1 N–H and O–H groups in total. The zero-order chi connectivity index (χ0) is 16.1. The SMILES string of the molecule is CC(OC(=O)c1c(Cl)cccc1Cl)C(=O)NCc1ccco1. The lowest BCUT2D eigenvalue weighted by molar-refractivity contribution is -0.129. The van der Waals surface area contributed by atoms with E-state index in [1.807, 2.05) is 0 Å². The summed E-state index contributed by atoms with van der Waals surface area (Å²) in [5.41, 5.74) is 0.0384. The molecular weight excluding hydrogens is 329 g/mol. The smallest absolute Gasteiger partial charge is 0.341 e. The van der Waals surface area contributed by atoms with Crippen molar-refractivity contribution in [3.8, 4) is 0 Å². The van der Waals surface area contributed by atoms with Gasteiger partial charge in [0.2, 0.25) is 0 Å². The van der Waals surface area contributed by atoms with Crippen molar-refractivity contribution in [2.24, 2.45) is 0 Å². The Hall–Kier alpha value is -1.98. The molecule has 1 atom stereocenters. The van der Waals surface area contributed by atoms with Gasteiger partial charge in [0.1, 0.15) is 5.76 Å². The van der Waals surface area contributed by atoms with Crippen molar-refractivity contribution in [1.82, 2.24) is 5.32 Å². The molecule has 0 radical (unpaired) electrons. The quantitative estimate of drug-likeness (QED) is 0.845. The van der Waals surface area contributed by atoms with Crippen LogP contribution in [0.15, 0.2) is 41.0 Å². The van der Waals surface area contributed by atoms with Crippen LogP contribution < -0.4 is 5.32 Å². The molecule has 1 heterocycles. The molecule has 0 aliphatic carbocycles. The molecule has 7 heteroatoms. The number of ether oxygens (including phenoxy) is 1.